The molecule has 1 aliphatic carbocycles. The number of hydrogen-bond donors (Lipinski definition) is 1. The first-order valence-electron chi connectivity index (χ1n) is 7.26. The van der Waals surface area contributed by atoms with Gasteiger partial charge in [-0.15, -0.1) is 0 Å². The highest BCUT2D eigenvalue weighted by Gasteiger charge is 2.30. The van der Waals surface area contributed by atoms with Crippen LogP contribution in [-0.4, -0.2) is 11.9 Å². The Morgan fingerprint density at radius 3 is 2.38 bits per heavy atom. The van der Waals surface area contributed by atoms with Gasteiger partial charge >= 0.3 is 0 Å². The summed E-state index contributed by atoms with van der Waals surface area (Å²) >= 11 is 0. The fourth-order valence-corrected chi connectivity index (χ4v) is 2.70. The quantitative estimate of drug-likeness (QED) is 0.862. The second-order valence-corrected chi connectivity index (χ2v) is 5.71. The second kappa shape index (κ2) is 6.57. The summed E-state index contributed by atoms with van der Waals surface area (Å²) in [7, 11) is 0. The molecule has 2 atom stereocenters. The summed E-state index contributed by atoms with van der Waals surface area (Å²) in [6.07, 6.45) is 4.45. The van der Waals surface area contributed by atoms with Crippen LogP contribution in [-0.2, 0) is 9.59 Å². The molecule has 0 fully saturated rings. The molecule has 0 aliphatic heterocycles. The van der Waals surface area contributed by atoms with Gasteiger partial charge in [-0.2, -0.15) is 0 Å². The van der Waals surface area contributed by atoms with Crippen LogP contribution in [0.1, 0.15) is 38.2 Å². The van der Waals surface area contributed by atoms with Crippen LogP contribution in [0.25, 0.3) is 0 Å². The maximum atomic E-state index is 12.4. The Labute approximate surface area is 124 Å². The Morgan fingerprint density at radius 2 is 1.76 bits per heavy atom. The third kappa shape index (κ3) is 3.51. The van der Waals surface area contributed by atoms with Crippen molar-refractivity contribution in [2.75, 3.05) is 5.32 Å². The number of benzene rings is 1. The molecule has 2 rings (SSSR count). The van der Waals surface area contributed by atoms with Gasteiger partial charge in [0.15, 0.2) is 0 Å². The zero-order valence-electron chi connectivity index (χ0n) is 12.3. The molecule has 0 unspecified atom stereocenters. The van der Waals surface area contributed by atoms with Crippen LogP contribution in [0.3, 0.4) is 0 Å². The van der Waals surface area contributed by atoms with Crippen molar-refractivity contribution in [3.8, 4) is 0 Å². The number of carbonyl (C=O) groups is 2. The lowest BCUT2D eigenvalue weighted by Gasteiger charge is -2.28. The van der Waals surface area contributed by atoms with Gasteiger partial charge in [0.2, 0.25) is 5.91 Å². The number of hydrogen-bond acceptors (Lipinski definition) is 3. The average molecular weight is 286 g/mol. The third-order valence-electron chi connectivity index (χ3n) is 3.91. The van der Waals surface area contributed by atoms with Gasteiger partial charge < -0.3 is 15.2 Å². The van der Waals surface area contributed by atoms with Crippen molar-refractivity contribution in [3.05, 3.63) is 42.0 Å². The lowest BCUT2D eigenvalue weighted by atomic mass is 9.82. The number of amides is 1. The van der Waals surface area contributed by atoms with E-state index in [4.69, 9.17) is 0 Å². The molecule has 1 amide bonds. The standard InChI is InChI=1S/C17H21NO3/c1-11(2)12-7-5-6-10-15(12)18-16(19)13-8-3-4-9-14(13)17(20)21/h3-7,10-11,13-14H,8-9H2,1-2H3,(H,18,19)(H,20,21)/p-1/t13-,14+/m1/s1. The summed E-state index contributed by atoms with van der Waals surface area (Å²) < 4.78 is 0. The van der Waals surface area contributed by atoms with Gasteiger partial charge in [-0.1, -0.05) is 44.2 Å². The van der Waals surface area contributed by atoms with E-state index in [2.05, 4.69) is 19.2 Å². The van der Waals surface area contributed by atoms with Crippen LogP contribution < -0.4 is 10.4 Å². The van der Waals surface area contributed by atoms with E-state index in [1.165, 1.54) is 0 Å². The normalized spacial score (nSPS) is 21.3. The molecule has 4 nitrogen and oxygen atoms in total. The minimum Gasteiger partial charge on any atom is -0.550 e. The zero-order valence-corrected chi connectivity index (χ0v) is 12.3. The Morgan fingerprint density at radius 1 is 1.14 bits per heavy atom. The number of aliphatic carboxylic acids is 1. The number of carboxylic acid groups (broad SMARTS) is 1. The van der Waals surface area contributed by atoms with Gasteiger partial charge in [0.1, 0.15) is 0 Å². The van der Waals surface area contributed by atoms with E-state index >= 15 is 0 Å². The molecule has 0 saturated carbocycles. The van der Waals surface area contributed by atoms with Gasteiger partial charge in [0.05, 0.1) is 5.92 Å². The lowest BCUT2D eigenvalue weighted by Crippen LogP contribution is -2.41. The van der Waals surface area contributed by atoms with Gasteiger partial charge in [0, 0.05) is 17.6 Å². The van der Waals surface area contributed by atoms with Crippen molar-refractivity contribution in [1.29, 1.82) is 0 Å². The number of allylic oxidation sites excluding steroid dienone is 2. The van der Waals surface area contributed by atoms with E-state index < -0.39 is 17.8 Å². The summed E-state index contributed by atoms with van der Waals surface area (Å²) in [5.74, 6) is -2.44. The van der Waals surface area contributed by atoms with Crippen molar-refractivity contribution in [2.24, 2.45) is 11.8 Å². The fraction of sp³-hybridized carbons (Fsp3) is 0.412. The van der Waals surface area contributed by atoms with Crippen LogP contribution >= 0.6 is 0 Å². The summed E-state index contributed by atoms with van der Waals surface area (Å²) in [4.78, 5) is 23.6. The topological polar surface area (TPSA) is 69.2 Å². The van der Waals surface area contributed by atoms with Gasteiger partial charge in [-0.3, -0.25) is 4.79 Å². The third-order valence-corrected chi connectivity index (χ3v) is 3.91. The van der Waals surface area contributed by atoms with E-state index in [0.29, 0.717) is 12.8 Å². The Kier molecular flexibility index (Phi) is 4.78. The monoisotopic (exact) mass is 286 g/mol. The number of rotatable bonds is 4. The molecule has 1 N–H and O–H groups in total. The van der Waals surface area contributed by atoms with E-state index in [0.717, 1.165) is 11.3 Å². The summed E-state index contributed by atoms with van der Waals surface area (Å²) in [5.41, 5.74) is 1.80. The van der Waals surface area contributed by atoms with Crippen LogP contribution in [0.15, 0.2) is 36.4 Å². The maximum Gasteiger partial charge on any atom is 0.228 e. The molecule has 0 radical (unpaired) electrons. The first-order chi connectivity index (χ1) is 10.0. The average Bonchev–Trinajstić information content (AvgIpc) is 2.47. The number of nitrogens with one attached hydrogen (secondary N) is 1. The molecule has 112 valence electrons. The summed E-state index contributed by atoms with van der Waals surface area (Å²) in [5, 5.41) is 14.1. The molecule has 0 spiro atoms. The van der Waals surface area contributed by atoms with Crippen LogP contribution in [0.4, 0.5) is 5.69 Å². The molecule has 21 heavy (non-hydrogen) atoms. The molecule has 1 aromatic carbocycles. The van der Waals surface area contributed by atoms with Crippen molar-refractivity contribution in [2.45, 2.75) is 32.6 Å². The molecular weight excluding hydrogens is 266 g/mol. The molecule has 0 bridgehead atoms. The summed E-state index contributed by atoms with van der Waals surface area (Å²) in [6.45, 7) is 4.11. The Bertz CT molecular complexity index is 563. The highest BCUT2D eigenvalue weighted by atomic mass is 16.4. The van der Waals surface area contributed by atoms with E-state index in [-0.39, 0.29) is 11.8 Å². The number of carbonyl (C=O) groups excluding carboxylic acids is 2. The molecule has 0 aromatic heterocycles. The molecule has 1 aliphatic rings. The SMILES string of the molecule is CC(C)c1ccccc1NC(=O)[C@@H]1CC=CC[C@@H]1C(=O)[O-]. The minimum atomic E-state index is -1.16. The molecule has 0 heterocycles. The lowest BCUT2D eigenvalue weighted by molar-refractivity contribution is -0.313. The second-order valence-electron chi connectivity index (χ2n) is 5.71. The summed E-state index contributed by atoms with van der Waals surface area (Å²) in [6, 6.07) is 7.61. The predicted molar refractivity (Wildman–Crippen MR) is 79.5 cm³/mol. The minimum absolute atomic E-state index is 0.248. The van der Waals surface area contributed by atoms with Crippen molar-refractivity contribution in [1.82, 2.24) is 0 Å². The van der Waals surface area contributed by atoms with E-state index in [9.17, 15) is 14.7 Å². The first-order valence-corrected chi connectivity index (χ1v) is 7.26. The fourth-order valence-electron chi connectivity index (χ4n) is 2.70. The molecule has 0 saturated heterocycles. The molecular formula is C17H20NO3-. The van der Waals surface area contributed by atoms with Gasteiger partial charge in [-0.05, 0) is 30.4 Å². The predicted octanol–water partition coefficient (Wildman–Crippen LogP) is 2.08. The van der Waals surface area contributed by atoms with Gasteiger partial charge in [0.25, 0.3) is 0 Å². The molecule has 1 aromatic rings. The first kappa shape index (κ1) is 15.3. The highest BCUT2D eigenvalue weighted by Crippen LogP contribution is 2.29. The van der Waals surface area contributed by atoms with Crippen molar-refractivity contribution >= 4 is 17.6 Å². The largest absolute Gasteiger partial charge is 0.550 e. The van der Waals surface area contributed by atoms with E-state index in [1.54, 1.807) is 6.08 Å². The molecule has 4 heteroatoms. The smallest absolute Gasteiger partial charge is 0.228 e. The van der Waals surface area contributed by atoms with Crippen LogP contribution in [0, 0.1) is 11.8 Å². The Hall–Kier alpha value is -2.10. The van der Waals surface area contributed by atoms with Crippen LogP contribution in [0.2, 0.25) is 0 Å². The Balaban J connectivity index is 2.18. The number of para-hydroxylation sites is 1. The number of carboxylic acids is 1. The van der Waals surface area contributed by atoms with Crippen LogP contribution in [0.5, 0.6) is 0 Å². The van der Waals surface area contributed by atoms with Crippen molar-refractivity contribution in [3.63, 3.8) is 0 Å². The van der Waals surface area contributed by atoms with E-state index in [1.807, 2.05) is 30.3 Å². The van der Waals surface area contributed by atoms with Crippen molar-refractivity contribution < 1.29 is 14.7 Å². The number of anilines is 1. The zero-order chi connectivity index (χ0) is 15.4. The maximum absolute atomic E-state index is 12.4. The highest BCUT2D eigenvalue weighted by molar-refractivity contribution is 5.95. The van der Waals surface area contributed by atoms with Gasteiger partial charge in [-0.25, -0.2) is 0 Å².